The van der Waals surface area contributed by atoms with Gasteiger partial charge in [-0.05, 0) is 23.8 Å². The van der Waals surface area contributed by atoms with Crippen LogP contribution in [0.1, 0.15) is 20.2 Å². The van der Waals surface area contributed by atoms with Gasteiger partial charge in [0.15, 0.2) is 0 Å². The van der Waals surface area contributed by atoms with Gasteiger partial charge in [-0.1, -0.05) is 18.2 Å². The van der Waals surface area contributed by atoms with Crippen LogP contribution in [0.5, 0.6) is 0 Å². The molecule has 110 valence electrons. The lowest BCUT2D eigenvalue weighted by Gasteiger charge is -1.99. The van der Waals surface area contributed by atoms with Crippen LogP contribution in [0.3, 0.4) is 0 Å². The molecule has 0 aliphatic heterocycles. The molecule has 0 atom stereocenters. The van der Waals surface area contributed by atoms with Crippen molar-refractivity contribution in [1.82, 2.24) is 9.97 Å². The highest BCUT2D eigenvalue weighted by molar-refractivity contribution is 7.14. The number of benzene rings is 1. The molecule has 0 saturated carbocycles. The molecular weight excluding hydrogens is 303 g/mol. The number of rotatable bonds is 4. The van der Waals surface area contributed by atoms with Gasteiger partial charge in [-0.2, -0.15) is 0 Å². The second kappa shape index (κ2) is 6.03. The van der Waals surface area contributed by atoms with E-state index in [0.29, 0.717) is 21.8 Å². The number of aromatic nitrogens is 2. The van der Waals surface area contributed by atoms with Crippen LogP contribution in [-0.2, 0) is 6.42 Å². The lowest BCUT2D eigenvalue weighted by Crippen LogP contribution is -1.95. The number of carboxylic acids is 1. The van der Waals surface area contributed by atoms with Gasteiger partial charge in [-0.3, -0.25) is 4.98 Å². The van der Waals surface area contributed by atoms with Gasteiger partial charge >= 0.3 is 5.97 Å². The topological polar surface area (TPSA) is 63.1 Å². The van der Waals surface area contributed by atoms with Crippen LogP contribution in [0.2, 0.25) is 0 Å². The van der Waals surface area contributed by atoms with Gasteiger partial charge < -0.3 is 5.11 Å². The molecule has 22 heavy (non-hydrogen) atoms. The number of halogens is 1. The maximum atomic E-state index is 13.7. The van der Waals surface area contributed by atoms with Gasteiger partial charge in [0, 0.05) is 24.4 Å². The van der Waals surface area contributed by atoms with E-state index in [1.54, 1.807) is 42.7 Å². The minimum atomic E-state index is -1.04. The molecule has 0 aliphatic rings. The van der Waals surface area contributed by atoms with E-state index in [2.05, 4.69) is 9.97 Å². The third-order valence-corrected chi connectivity index (χ3v) is 4.16. The molecule has 1 aromatic carbocycles. The van der Waals surface area contributed by atoms with Crippen molar-refractivity contribution in [2.75, 3.05) is 0 Å². The molecule has 4 nitrogen and oxygen atoms in total. The van der Waals surface area contributed by atoms with E-state index >= 15 is 0 Å². The first kappa shape index (κ1) is 14.3. The van der Waals surface area contributed by atoms with Crippen molar-refractivity contribution in [3.8, 4) is 11.3 Å². The fraction of sp³-hybridized carbons (Fsp3) is 0.0625. The largest absolute Gasteiger partial charge is 0.477 e. The van der Waals surface area contributed by atoms with Crippen molar-refractivity contribution < 1.29 is 14.3 Å². The first-order valence-electron chi connectivity index (χ1n) is 6.52. The second-order valence-electron chi connectivity index (χ2n) is 4.59. The predicted octanol–water partition coefficient (Wildman–Crippen LogP) is 3.63. The van der Waals surface area contributed by atoms with E-state index in [1.807, 2.05) is 0 Å². The summed E-state index contributed by atoms with van der Waals surface area (Å²) in [5.74, 6) is -1.36. The molecule has 0 spiro atoms. The van der Waals surface area contributed by atoms with E-state index in [1.165, 1.54) is 6.07 Å². The zero-order valence-electron chi connectivity index (χ0n) is 11.4. The number of carboxylic acid groups (broad SMARTS) is 1. The van der Waals surface area contributed by atoms with Crippen LogP contribution in [0.25, 0.3) is 11.3 Å². The maximum absolute atomic E-state index is 13.7. The number of thiazole rings is 1. The van der Waals surface area contributed by atoms with E-state index in [4.69, 9.17) is 0 Å². The highest BCUT2D eigenvalue weighted by atomic mass is 32.1. The number of carbonyl (C=O) groups is 1. The van der Waals surface area contributed by atoms with Crippen LogP contribution in [0.4, 0.5) is 4.39 Å². The third-order valence-electron chi connectivity index (χ3n) is 3.12. The Labute approximate surface area is 129 Å². The average molecular weight is 314 g/mol. The lowest BCUT2D eigenvalue weighted by molar-refractivity contribution is 0.0702. The Morgan fingerprint density at radius 3 is 2.59 bits per heavy atom. The fourth-order valence-electron chi connectivity index (χ4n) is 2.10. The van der Waals surface area contributed by atoms with Crippen molar-refractivity contribution in [1.29, 1.82) is 0 Å². The Kier molecular flexibility index (Phi) is 3.93. The van der Waals surface area contributed by atoms with E-state index in [-0.39, 0.29) is 17.1 Å². The van der Waals surface area contributed by atoms with Crippen molar-refractivity contribution >= 4 is 17.3 Å². The molecule has 0 radical (unpaired) electrons. The predicted molar refractivity (Wildman–Crippen MR) is 81.5 cm³/mol. The first-order valence-corrected chi connectivity index (χ1v) is 7.33. The van der Waals surface area contributed by atoms with Crippen LogP contribution >= 0.6 is 11.3 Å². The van der Waals surface area contributed by atoms with Crippen molar-refractivity contribution in [3.05, 3.63) is 70.1 Å². The molecule has 2 aromatic heterocycles. The molecule has 1 N–H and O–H groups in total. The zero-order chi connectivity index (χ0) is 15.5. The summed E-state index contributed by atoms with van der Waals surface area (Å²) in [5.41, 5.74) is 1.57. The number of pyridine rings is 1. The van der Waals surface area contributed by atoms with Crippen molar-refractivity contribution in [3.63, 3.8) is 0 Å². The summed E-state index contributed by atoms with van der Waals surface area (Å²) in [4.78, 5) is 19.9. The first-order chi connectivity index (χ1) is 10.6. The number of nitrogens with zero attached hydrogens (tertiary/aromatic N) is 2. The van der Waals surface area contributed by atoms with Gasteiger partial charge in [0.2, 0.25) is 0 Å². The summed E-state index contributed by atoms with van der Waals surface area (Å²) in [6, 6.07) is 9.82. The molecule has 3 aromatic rings. The molecule has 2 heterocycles. The Bertz CT molecular complexity index is 818. The summed E-state index contributed by atoms with van der Waals surface area (Å²) in [7, 11) is 0. The van der Waals surface area contributed by atoms with E-state index in [9.17, 15) is 14.3 Å². The van der Waals surface area contributed by atoms with Crippen molar-refractivity contribution in [2.45, 2.75) is 6.42 Å². The normalized spacial score (nSPS) is 10.6. The van der Waals surface area contributed by atoms with Gasteiger partial charge in [-0.25, -0.2) is 14.2 Å². The molecule has 0 amide bonds. The number of aromatic carboxylic acids is 1. The summed E-state index contributed by atoms with van der Waals surface area (Å²) in [6.45, 7) is 0. The standard InChI is InChI=1S/C16H11FN2O2S/c17-12-4-2-1-3-11(12)9-13-19-14(15(22-13)16(20)21)10-5-7-18-8-6-10/h1-8H,9H2,(H,20,21). The average Bonchev–Trinajstić information content (AvgIpc) is 2.95. The van der Waals surface area contributed by atoms with Gasteiger partial charge in [0.1, 0.15) is 10.7 Å². The molecular formula is C16H11FN2O2S. The summed E-state index contributed by atoms with van der Waals surface area (Å²) >= 11 is 1.07. The quantitative estimate of drug-likeness (QED) is 0.798. The summed E-state index contributed by atoms with van der Waals surface area (Å²) in [6.07, 6.45) is 3.43. The maximum Gasteiger partial charge on any atom is 0.348 e. The fourth-order valence-corrected chi connectivity index (χ4v) is 3.04. The molecule has 3 rings (SSSR count). The zero-order valence-corrected chi connectivity index (χ0v) is 12.2. The second-order valence-corrected chi connectivity index (χ2v) is 5.68. The monoisotopic (exact) mass is 314 g/mol. The van der Waals surface area contributed by atoms with Gasteiger partial charge in [0.25, 0.3) is 0 Å². The van der Waals surface area contributed by atoms with E-state index in [0.717, 1.165) is 11.3 Å². The van der Waals surface area contributed by atoms with Crippen LogP contribution in [0, 0.1) is 5.82 Å². The number of hydrogen-bond acceptors (Lipinski definition) is 4. The third kappa shape index (κ3) is 2.87. The van der Waals surface area contributed by atoms with Crippen LogP contribution in [-0.4, -0.2) is 21.0 Å². The Morgan fingerprint density at radius 2 is 1.91 bits per heavy atom. The Morgan fingerprint density at radius 1 is 1.18 bits per heavy atom. The minimum absolute atomic E-state index is 0.150. The highest BCUT2D eigenvalue weighted by Crippen LogP contribution is 2.29. The molecule has 0 fully saturated rings. The Balaban J connectivity index is 2.01. The molecule has 0 unspecified atom stereocenters. The number of hydrogen-bond donors (Lipinski definition) is 1. The van der Waals surface area contributed by atoms with Gasteiger partial charge in [-0.15, -0.1) is 11.3 Å². The van der Waals surface area contributed by atoms with Crippen LogP contribution < -0.4 is 0 Å². The molecule has 6 heteroatoms. The van der Waals surface area contributed by atoms with Crippen molar-refractivity contribution in [2.24, 2.45) is 0 Å². The molecule has 0 bridgehead atoms. The van der Waals surface area contributed by atoms with E-state index < -0.39 is 5.97 Å². The van der Waals surface area contributed by atoms with Gasteiger partial charge in [0.05, 0.1) is 10.7 Å². The summed E-state index contributed by atoms with van der Waals surface area (Å²) in [5, 5.41) is 9.91. The molecule has 0 saturated heterocycles. The molecule has 0 aliphatic carbocycles. The smallest absolute Gasteiger partial charge is 0.348 e. The SMILES string of the molecule is O=C(O)c1sc(Cc2ccccc2F)nc1-c1ccncc1. The minimum Gasteiger partial charge on any atom is -0.477 e. The highest BCUT2D eigenvalue weighted by Gasteiger charge is 2.19. The Hall–Kier alpha value is -2.60. The van der Waals surface area contributed by atoms with Crippen LogP contribution in [0.15, 0.2) is 48.8 Å². The lowest BCUT2D eigenvalue weighted by atomic mass is 10.1. The summed E-state index contributed by atoms with van der Waals surface area (Å²) < 4.78 is 13.7.